The van der Waals surface area contributed by atoms with Crippen LogP contribution >= 0.6 is 47.8 Å². The first kappa shape index (κ1) is 25.1. The molecule has 3 rings (SSSR count). The van der Waals surface area contributed by atoms with Crippen LogP contribution in [0, 0.1) is 13.8 Å². The standard InChI is InChI=1S/C24H20Br3N3O3/c1-14-3-8-21(15(2)9-14)29-22(31)13-33-23-17(10-19(26)11-20(23)27)12-28-30-24(32)16-4-6-18(25)7-5-16/h3-12H,13H2,1-2H3,(H,29,31)(H,30,32)/b28-12+. The highest BCUT2D eigenvalue weighted by atomic mass is 79.9. The number of hydrazone groups is 1. The van der Waals surface area contributed by atoms with Crippen molar-refractivity contribution in [3.05, 3.63) is 90.3 Å². The number of hydrogen-bond donors (Lipinski definition) is 2. The van der Waals surface area contributed by atoms with E-state index in [2.05, 4.69) is 63.6 Å². The fourth-order valence-corrected chi connectivity index (χ4v) is 4.57. The lowest BCUT2D eigenvalue weighted by atomic mass is 10.1. The van der Waals surface area contributed by atoms with Crippen molar-refractivity contribution in [3.63, 3.8) is 0 Å². The minimum absolute atomic E-state index is 0.195. The predicted molar refractivity (Wildman–Crippen MR) is 141 cm³/mol. The number of carbonyl (C=O) groups is 2. The van der Waals surface area contributed by atoms with Gasteiger partial charge in [0, 0.05) is 25.8 Å². The summed E-state index contributed by atoms with van der Waals surface area (Å²) < 4.78 is 8.08. The summed E-state index contributed by atoms with van der Waals surface area (Å²) in [5.74, 6) is -0.207. The smallest absolute Gasteiger partial charge is 0.271 e. The second kappa shape index (κ2) is 11.6. The third kappa shape index (κ3) is 7.25. The number of anilines is 1. The summed E-state index contributed by atoms with van der Waals surface area (Å²) in [7, 11) is 0. The number of amides is 2. The van der Waals surface area contributed by atoms with E-state index >= 15 is 0 Å². The van der Waals surface area contributed by atoms with Crippen LogP contribution in [-0.4, -0.2) is 24.6 Å². The molecule has 3 aromatic rings. The van der Waals surface area contributed by atoms with Gasteiger partial charge >= 0.3 is 0 Å². The number of rotatable bonds is 7. The highest BCUT2D eigenvalue weighted by Crippen LogP contribution is 2.32. The van der Waals surface area contributed by atoms with Crippen molar-refractivity contribution >= 4 is 71.5 Å². The zero-order valence-electron chi connectivity index (χ0n) is 17.8. The van der Waals surface area contributed by atoms with Gasteiger partial charge in [-0.3, -0.25) is 9.59 Å². The molecule has 0 heterocycles. The summed E-state index contributed by atoms with van der Waals surface area (Å²) >= 11 is 10.2. The molecule has 0 aliphatic heterocycles. The maximum atomic E-state index is 12.4. The number of carbonyl (C=O) groups excluding carboxylic acids is 2. The Morgan fingerprint density at radius 3 is 2.39 bits per heavy atom. The molecule has 0 bridgehead atoms. The monoisotopic (exact) mass is 635 g/mol. The number of nitrogens with zero attached hydrogens (tertiary/aromatic N) is 1. The largest absolute Gasteiger partial charge is 0.482 e. The summed E-state index contributed by atoms with van der Waals surface area (Å²) in [6.45, 7) is 3.74. The second-order valence-electron chi connectivity index (χ2n) is 7.17. The van der Waals surface area contributed by atoms with Crippen LogP contribution in [0.2, 0.25) is 0 Å². The Bertz CT molecular complexity index is 1210. The molecule has 3 aromatic carbocycles. The van der Waals surface area contributed by atoms with Gasteiger partial charge in [-0.05, 0) is 77.8 Å². The zero-order chi connectivity index (χ0) is 24.0. The van der Waals surface area contributed by atoms with Crippen LogP contribution in [0.3, 0.4) is 0 Å². The molecule has 0 fully saturated rings. The lowest BCUT2D eigenvalue weighted by molar-refractivity contribution is -0.118. The van der Waals surface area contributed by atoms with E-state index in [0.29, 0.717) is 21.3 Å². The molecule has 0 saturated carbocycles. The maximum absolute atomic E-state index is 12.4. The van der Waals surface area contributed by atoms with Crippen molar-refractivity contribution < 1.29 is 14.3 Å². The minimum atomic E-state index is -0.344. The van der Waals surface area contributed by atoms with Crippen molar-refractivity contribution in [2.24, 2.45) is 5.10 Å². The van der Waals surface area contributed by atoms with Crippen molar-refractivity contribution in [2.75, 3.05) is 11.9 Å². The Morgan fingerprint density at radius 1 is 0.970 bits per heavy atom. The molecule has 33 heavy (non-hydrogen) atoms. The van der Waals surface area contributed by atoms with Gasteiger partial charge in [-0.15, -0.1) is 0 Å². The van der Waals surface area contributed by atoms with Gasteiger partial charge in [-0.2, -0.15) is 5.10 Å². The molecular weight excluding hydrogens is 618 g/mol. The molecule has 0 atom stereocenters. The fourth-order valence-electron chi connectivity index (χ4n) is 2.93. The van der Waals surface area contributed by atoms with Gasteiger partial charge in [-0.25, -0.2) is 5.43 Å². The highest BCUT2D eigenvalue weighted by molar-refractivity contribution is 9.11. The van der Waals surface area contributed by atoms with E-state index in [9.17, 15) is 9.59 Å². The Labute approximate surface area is 217 Å². The van der Waals surface area contributed by atoms with Gasteiger partial charge in [0.1, 0.15) is 5.75 Å². The molecule has 0 unspecified atom stereocenters. The van der Waals surface area contributed by atoms with Crippen LogP contribution in [0.15, 0.2) is 73.1 Å². The van der Waals surface area contributed by atoms with E-state index in [0.717, 1.165) is 25.8 Å². The molecule has 0 spiro atoms. The van der Waals surface area contributed by atoms with Gasteiger partial charge in [0.25, 0.3) is 11.8 Å². The van der Waals surface area contributed by atoms with E-state index in [-0.39, 0.29) is 18.4 Å². The molecule has 0 aliphatic rings. The molecule has 6 nitrogen and oxygen atoms in total. The Balaban J connectivity index is 1.68. The van der Waals surface area contributed by atoms with Crippen LogP contribution in [0.1, 0.15) is 27.0 Å². The predicted octanol–water partition coefficient (Wildman–Crippen LogP) is 6.37. The highest BCUT2D eigenvalue weighted by Gasteiger charge is 2.13. The van der Waals surface area contributed by atoms with Crippen LogP contribution in [-0.2, 0) is 4.79 Å². The SMILES string of the molecule is Cc1ccc(NC(=O)COc2c(Br)cc(Br)cc2/C=N/NC(=O)c2ccc(Br)cc2)c(C)c1. The number of benzene rings is 3. The fraction of sp³-hybridized carbons (Fsp3) is 0.125. The summed E-state index contributed by atoms with van der Waals surface area (Å²) in [4.78, 5) is 24.7. The normalized spacial score (nSPS) is 10.8. The van der Waals surface area contributed by atoms with E-state index < -0.39 is 0 Å². The zero-order valence-corrected chi connectivity index (χ0v) is 22.5. The number of halogens is 3. The molecule has 0 radical (unpaired) electrons. The third-order valence-corrected chi connectivity index (χ3v) is 6.09. The van der Waals surface area contributed by atoms with Gasteiger partial charge in [-0.1, -0.05) is 49.6 Å². The van der Waals surface area contributed by atoms with Gasteiger partial charge in [0.15, 0.2) is 6.61 Å². The maximum Gasteiger partial charge on any atom is 0.271 e. The lowest BCUT2D eigenvalue weighted by Crippen LogP contribution is -2.21. The third-order valence-electron chi connectivity index (χ3n) is 4.52. The molecule has 0 aliphatic carbocycles. The Hall–Kier alpha value is -2.49. The van der Waals surface area contributed by atoms with Crippen molar-refractivity contribution in [2.45, 2.75) is 13.8 Å². The molecule has 2 amide bonds. The topological polar surface area (TPSA) is 79.8 Å². The van der Waals surface area contributed by atoms with Gasteiger partial charge in [0.2, 0.25) is 0 Å². The van der Waals surface area contributed by atoms with Gasteiger partial charge in [0.05, 0.1) is 10.7 Å². The van der Waals surface area contributed by atoms with E-state index in [1.54, 1.807) is 36.4 Å². The van der Waals surface area contributed by atoms with Crippen molar-refractivity contribution in [1.82, 2.24) is 5.43 Å². The average Bonchev–Trinajstić information content (AvgIpc) is 2.75. The van der Waals surface area contributed by atoms with E-state index in [1.807, 2.05) is 32.0 Å². The first-order valence-corrected chi connectivity index (χ1v) is 12.2. The molecular formula is C24H20Br3N3O3. The summed E-state index contributed by atoms with van der Waals surface area (Å²) in [6.07, 6.45) is 1.46. The van der Waals surface area contributed by atoms with E-state index in [4.69, 9.17) is 4.74 Å². The van der Waals surface area contributed by atoms with Crippen molar-refractivity contribution in [1.29, 1.82) is 0 Å². The summed E-state index contributed by atoms with van der Waals surface area (Å²) in [5, 5.41) is 6.90. The molecule has 9 heteroatoms. The summed E-state index contributed by atoms with van der Waals surface area (Å²) in [5.41, 5.74) is 6.38. The van der Waals surface area contributed by atoms with Crippen LogP contribution in [0.4, 0.5) is 5.69 Å². The van der Waals surface area contributed by atoms with Gasteiger partial charge < -0.3 is 10.1 Å². The average molecular weight is 638 g/mol. The first-order valence-electron chi connectivity index (χ1n) is 9.81. The molecule has 0 aromatic heterocycles. The molecule has 2 N–H and O–H groups in total. The quantitative estimate of drug-likeness (QED) is 0.233. The Morgan fingerprint density at radius 2 is 1.70 bits per heavy atom. The minimum Gasteiger partial charge on any atom is -0.482 e. The molecule has 170 valence electrons. The van der Waals surface area contributed by atoms with Crippen molar-refractivity contribution in [3.8, 4) is 5.75 Å². The second-order valence-corrected chi connectivity index (χ2v) is 9.85. The molecule has 0 saturated heterocycles. The Kier molecular flexibility index (Phi) is 8.82. The van der Waals surface area contributed by atoms with Crippen LogP contribution in [0.25, 0.3) is 0 Å². The van der Waals surface area contributed by atoms with Crippen LogP contribution < -0.4 is 15.5 Å². The first-order chi connectivity index (χ1) is 15.7. The van der Waals surface area contributed by atoms with E-state index in [1.165, 1.54) is 6.21 Å². The lowest BCUT2D eigenvalue weighted by Gasteiger charge is -2.13. The van der Waals surface area contributed by atoms with Crippen LogP contribution in [0.5, 0.6) is 5.75 Å². The number of hydrogen-bond acceptors (Lipinski definition) is 4. The number of aryl methyl sites for hydroxylation is 2. The number of ether oxygens (including phenoxy) is 1. The summed E-state index contributed by atoms with van der Waals surface area (Å²) in [6, 6.07) is 16.3. The number of nitrogens with one attached hydrogen (secondary N) is 2.